The third kappa shape index (κ3) is 4.20. The highest BCUT2D eigenvalue weighted by Crippen LogP contribution is 2.53. The summed E-state index contributed by atoms with van der Waals surface area (Å²) in [5.74, 6) is -2.82. The molecule has 14 heteroatoms. The van der Waals surface area contributed by atoms with E-state index in [9.17, 15) is 26.7 Å². The lowest BCUT2D eigenvalue weighted by Gasteiger charge is -2.53. The minimum Gasteiger partial charge on any atom is -0.348 e. The molecule has 0 radical (unpaired) electrons. The highest BCUT2D eigenvalue weighted by molar-refractivity contribution is 6.07. The maximum Gasteiger partial charge on any atom is 0.433 e. The number of anilines is 3. The Morgan fingerprint density at radius 3 is 2.56 bits per heavy atom. The number of hydrogen-bond acceptors (Lipinski definition) is 7. The number of hydrogen-bond donors (Lipinski definition) is 2. The summed E-state index contributed by atoms with van der Waals surface area (Å²) in [4.78, 5) is 26.3. The number of rotatable bonds is 5. The van der Waals surface area contributed by atoms with Gasteiger partial charge in [0.15, 0.2) is 5.82 Å². The van der Waals surface area contributed by atoms with Crippen LogP contribution in [0.4, 0.5) is 39.4 Å². The molecule has 1 amide bonds. The van der Waals surface area contributed by atoms with Gasteiger partial charge in [-0.1, -0.05) is 6.07 Å². The Hall–Kier alpha value is -3.84. The molecule has 0 unspecified atom stereocenters. The molecule has 36 heavy (non-hydrogen) atoms. The van der Waals surface area contributed by atoms with Crippen LogP contribution in [0.3, 0.4) is 0 Å². The van der Waals surface area contributed by atoms with Gasteiger partial charge in [0.2, 0.25) is 5.95 Å². The Balaban J connectivity index is 1.27. The summed E-state index contributed by atoms with van der Waals surface area (Å²) in [5.41, 5.74) is -0.280. The fourth-order valence-electron chi connectivity index (χ4n) is 4.44. The van der Waals surface area contributed by atoms with Gasteiger partial charge in [-0.3, -0.25) is 14.5 Å². The van der Waals surface area contributed by atoms with E-state index in [-0.39, 0.29) is 19.0 Å². The molecule has 1 fully saturated rings. The van der Waals surface area contributed by atoms with Crippen LogP contribution < -0.4 is 15.5 Å². The molecular weight excluding hydrogens is 487 g/mol. The molecule has 2 aliphatic rings. The molecule has 3 aromatic rings. The van der Waals surface area contributed by atoms with Gasteiger partial charge in [0.1, 0.15) is 16.9 Å². The van der Waals surface area contributed by atoms with E-state index in [1.54, 1.807) is 30.9 Å². The van der Waals surface area contributed by atoms with Crippen LogP contribution in [0.1, 0.15) is 35.5 Å². The third-order valence-corrected chi connectivity index (χ3v) is 6.38. The quantitative estimate of drug-likeness (QED) is 0.508. The van der Waals surface area contributed by atoms with Crippen LogP contribution in [0.2, 0.25) is 0 Å². The minimum absolute atomic E-state index is 0.232. The Kier molecular flexibility index (Phi) is 5.37. The smallest absolute Gasteiger partial charge is 0.348 e. The van der Waals surface area contributed by atoms with Gasteiger partial charge in [0, 0.05) is 32.3 Å². The third-order valence-electron chi connectivity index (χ3n) is 6.38. The monoisotopic (exact) mass is 508 g/mol. The van der Waals surface area contributed by atoms with Gasteiger partial charge in [0.25, 0.3) is 11.8 Å². The van der Waals surface area contributed by atoms with Crippen LogP contribution in [-0.4, -0.2) is 49.1 Å². The van der Waals surface area contributed by atoms with Crippen molar-refractivity contribution < 1.29 is 26.7 Å². The Bertz CT molecular complexity index is 1310. The van der Waals surface area contributed by atoms with Crippen LogP contribution >= 0.6 is 0 Å². The van der Waals surface area contributed by atoms with Gasteiger partial charge in [-0.2, -0.15) is 23.3 Å². The molecule has 0 aromatic carbocycles. The first-order valence-corrected chi connectivity index (χ1v) is 11.0. The highest BCUT2D eigenvalue weighted by atomic mass is 19.4. The summed E-state index contributed by atoms with van der Waals surface area (Å²) in [6, 6.07) is 4.00. The molecular formula is C22H21F5N8O. The van der Waals surface area contributed by atoms with E-state index < -0.39 is 42.1 Å². The van der Waals surface area contributed by atoms with Crippen molar-refractivity contribution in [3.8, 4) is 0 Å². The van der Waals surface area contributed by atoms with Crippen molar-refractivity contribution in [2.75, 3.05) is 22.6 Å². The molecule has 9 nitrogen and oxygen atoms in total. The van der Waals surface area contributed by atoms with Gasteiger partial charge in [-0.05, 0) is 24.6 Å². The lowest BCUT2D eigenvalue weighted by atomic mass is 9.70. The van der Waals surface area contributed by atoms with E-state index in [0.717, 1.165) is 12.3 Å². The number of amides is 1. The molecule has 0 bridgehead atoms. The van der Waals surface area contributed by atoms with Crippen molar-refractivity contribution in [2.24, 2.45) is 0 Å². The molecule has 1 aliphatic heterocycles. The Labute approximate surface area is 201 Å². The lowest BCUT2D eigenvalue weighted by molar-refractivity contribution is -0.152. The average molecular weight is 508 g/mol. The van der Waals surface area contributed by atoms with Crippen molar-refractivity contribution in [1.82, 2.24) is 24.7 Å². The molecule has 4 heterocycles. The summed E-state index contributed by atoms with van der Waals surface area (Å²) >= 11 is 0. The summed E-state index contributed by atoms with van der Waals surface area (Å²) in [6.07, 6.45) is -2.83. The Morgan fingerprint density at radius 1 is 1.17 bits per heavy atom. The average Bonchev–Trinajstić information content (AvgIpc) is 3.22. The number of pyridine rings is 1. The zero-order chi connectivity index (χ0) is 25.9. The predicted octanol–water partition coefficient (Wildman–Crippen LogP) is 3.61. The van der Waals surface area contributed by atoms with Crippen molar-refractivity contribution in [1.29, 1.82) is 0 Å². The predicted molar refractivity (Wildman–Crippen MR) is 119 cm³/mol. The lowest BCUT2D eigenvalue weighted by Crippen LogP contribution is -2.69. The van der Waals surface area contributed by atoms with E-state index in [1.165, 1.54) is 11.0 Å². The first kappa shape index (κ1) is 23.9. The number of nitrogens with zero attached hydrogens (tertiary/aromatic N) is 6. The number of fused-ring (bicyclic) bond motifs is 1. The molecule has 1 spiro atoms. The molecule has 1 saturated carbocycles. The maximum absolute atomic E-state index is 13.7. The first-order valence-electron chi connectivity index (χ1n) is 11.0. The van der Waals surface area contributed by atoms with Gasteiger partial charge in [-0.25, -0.2) is 13.8 Å². The van der Waals surface area contributed by atoms with Gasteiger partial charge < -0.3 is 15.5 Å². The second-order valence-electron chi connectivity index (χ2n) is 8.99. The van der Waals surface area contributed by atoms with E-state index in [0.29, 0.717) is 28.5 Å². The summed E-state index contributed by atoms with van der Waals surface area (Å²) in [6.45, 7) is 2.15. The second kappa shape index (κ2) is 8.10. The maximum atomic E-state index is 13.7. The number of alkyl halides is 5. The number of halogens is 5. The summed E-state index contributed by atoms with van der Waals surface area (Å²) in [7, 11) is 1.57. The van der Waals surface area contributed by atoms with Gasteiger partial charge >= 0.3 is 6.18 Å². The summed E-state index contributed by atoms with van der Waals surface area (Å²) in [5, 5.41) is 10.1. The Morgan fingerprint density at radius 2 is 1.92 bits per heavy atom. The molecule has 190 valence electrons. The summed E-state index contributed by atoms with van der Waals surface area (Å²) < 4.78 is 66.9. The van der Waals surface area contributed by atoms with Crippen LogP contribution in [0.25, 0.3) is 0 Å². The standard InChI is InChI=1S/C22H21F5N8O/c1-12-16-17(34(2)20(18(36)31-16)10-21(23,24)11-20)32-19(30-12)29-8-14-5-6-35(33-14)9-13-3-4-15(28-7-13)22(25,26)27/h3-7H,8-11H2,1-2H3,(H,31,36)(H,29,30,32). The number of carbonyl (C=O) groups is 1. The van der Waals surface area contributed by atoms with Crippen LogP contribution in [0, 0.1) is 6.92 Å². The van der Waals surface area contributed by atoms with E-state index in [4.69, 9.17) is 0 Å². The molecule has 1 aliphatic carbocycles. The molecule has 3 aromatic heterocycles. The van der Waals surface area contributed by atoms with Crippen LogP contribution in [0.5, 0.6) is 0 Å². The van der Waals surface area contributed by atoms with Crippen molar-refractivity contribution in [2.45, 2.75) is 50.5 Å². The zero-order valence-corrected chi connectivity index (χ0v) is 19.2. The van der Waals surface area contributed by atoms with E-state index in [1.807, 2.05) is 0 Å². The van der Waals surface area contributed by atoms with E-state index in [2.05, 4.69) is 30.7 Å². The fourth-order valence-corrected chi connectivity index (χ4v) is 4.44. The van der Waals surface area contributed by atoms with Crippen LogP contribution in [0.15, 0.2) is 30.6 Å². The molecule has 0 atom stereocenters. The van der Waals surface area contributed by atoms with Gasteiger partial charge in [0.05, 0.1) is 24.5 Å². The highest BCUT2D eigenvalue weighted by Gasteiger charge is 2.65. The first-order chi connectivity index (χ1) is 16.9. The molecule has 2 N–H and O–H groups in total. The number of aromatic nitrogens is 5. The number of aryl methyl sites for hydroxylation is 1. The second-order valence-corrected chi connectivity index (χ2v) is 8.99. The number of carbonyl (C=O) groups excluding carboxylic acids is 1. The molecule has 0 saturated heterocycles. The number of likely N-dealkylation sites (N-methyl/N-ethyl adjacent to an activating group) is 1. The zero-order valence-electron chi connectivity index (χ0n) is 19.2. The molecule has 5 rings (SSSR count). The van der Waals surface area contributed by atoms with Crippen molar-refractivity contribution >= 4 is 23.4 Å². The largest absolute Gasteiger partial charge is 0.433 e. The van der Waals surface area contributed by atoms with Crippen molar-refractivity contribution in [3.63, 3.8) is 0 Å². The van der Waals surface area contributed by atoms with Gasteiger partial charge in [-0.15, -0.1) is 0 Å². The number of nitrogens with one attached hydrogen (secondary N) is 2. The fraction of sp³-hybridized carbons (Fsp3) is 0.409. The SMILES string of the molecule is Cc1nc(NCc2ccn(Cc3ccc(C(F)(F)F)nc3)n2)nc2c1NC(=O)C1(CC(F)(F)C1)N2C. The van der Waals surface area contributed by atoms with E-state index >= 15 is 0 Å². The van der Waals surface area contributed by atoms with Crippen molar-refractivity contribution in [3.05, 3.63) is 53.2 Å². The van der Waals surface area contributed by atoms with Crippen LogP contribution in [-0.2, 0) is 24.1 Å². The minimum atomic E-state index is -4.50. The normalized spacial score (nSPS) is 18.0. The topological polar surface area (TPSA) is 101 Å².